The summed E-state index contributed by atoms with van der Waals surface area (Å²) in [4.78, 5) is 17.5. The molecule has 4 nitrogen and oxygen atoms in total. The lowest BCUT2D eigenvalue weighted by molar-refractivity contribution is -0.197. The topological polar surface area (TPSA) is 43.8 Å². The minimum Gasteiger partial charge on any atom is -0.508 e. The van der Waals surface area contributed by atoms with Crippen LogP contribution in [-0.4, -0.2) is 46.9 Å². The van der Waals surface area contributed by atoms with Gasteiger partial charge in [-0.3, -0.25) is 14.6 Å². The summed E-state index contributed by atoms with van der Waals surface area (Å²) < 4.78 is 0. The molecule has 0 spiro atoms. The number of carbonyl (C=O) groups is 1. The molecule has 0 aliphatic carbocycles. The number of rotatable bonds is 1. The summed E-state index contributed by atoms with van der Waals surface area (Å²) in [6, 6.07) is 7.48. The Kier molecular flexibility index (Phi) is 2.24. The monoisotopic (exact) mass is 272 g/mol. The number of phenolic OH excluding ortho intramolecular Hbond substituents is 1. The molecular weight excluding hydrogens is 252 g/mol. The first-order valence-electron chi connectivity index (χ1n) is 7.23. The van der Waals surface area contributed by atoms with Crippen LogP contribution in [0.3, 0.4) is 0 Å². The van der Waals surface area contributed by atoms with Crippen molar-refractivity contribution in [2.45, 2.75) is 20.0 Å². The third-order valence-corrected chi connectivity index (χ3v) is 5.19. The van der Waals surface area contributed by atoms with Crippen molar-refractivity contribution in [1.82, 2.24) is 9.80 Å². The quantitative estimate of drug-likeness (QED) is 0.843. The molecule has 0 saturated carbocycles. The standard InChI is InChI=1S/C16H20N2O2/c1-15-7-17-9-16(2,14(15)20)10-18(8-15)13(17)11-3-5-12(19)6-4-11/h3-6,13,19H,7-10H2,1-2H3. The number of piperidine rings is 2. The first-order chi connectivity index (χ1) is 9.41. The third kappa shape index (κ3) is 1.46. The van der Waals surface area contributed by atoms with Gasteiger partial charge < -0.3 is 5.11 Å². The fraction of sp³-hybridized carbons (Fsp3) is 0.562. The molecule has 4 bridgehead atoms. The van der Waals surface area contributed by atoms with E-state index in [0.717, 1.165) is 26.2 Å². The average molecular weight is 272 g/mol. The molecule has 4 saturated heterocycles. The highest BCUT2D eigenvalue weighted by Gasteiger charge is 2.61. The summed E-state index contributed by atoms with van der Waals surface area (Å²) in [7, 11) is 0. The molecule has 5 rings (SSSR count). The maximum absolute atomic E-state index is 12.6. The Labute approximate surface area is 119 Å². The van der Waals surface area contributed by atoms with Gasteiger partial charge in [0.1, 0.15) is 11.5 Å². The van der Waals surface area contributed by atoms with Crippen molar-refractivity contribution in [3.05, 3.63) is 29.8 Å². The van der Waals surface area contributed by atoms with Crippen LogP contribution in [-0.2, 0) is 4.79 Å². The molecule has 4 aliphatic heterocycles. The van der Waals surface area contributed by atoms with Crippen molar-refractivity contribution >= 4 is 5.78 Å². The highest BCUT2D eigenvalue weighted by molar-refractivity contribution is 5.92. The molecular formula is C16H20N2O2. The van der Waals surface area contributed by atoms with Crippen molar-refractivity contribution in [2.75, 3.05) is 26.2 Å². The molecule has 20 heavy (non-hydrogen) atoms. The number of hydrogen-bond donors (Lipinski definition) is 1. The van der Waals surface area contributed by atoms with E-state index in [-0.39, 0.29) is 17.0 Å². The Morgan fingerprint density at radius 3 is 1.90 bits per heavy atom. The molecule has 0 aromatic heterocycles. The predicted octanol–water partition coefficient (Wildman–Crippen LogP) is 1.62. The lowest BCUT2D eigenvalue weighted by atomic mass is 9.62. The summed E-state index contributed by atoms with van der Waals surface area (Å²) >= 11 is 0. The van der Waals surface area contributed by atoms with Gasteiger partial charge in [-0.15, -0.1) is 0 Å². The Balaban J connectivity index is 1.74. The minimum absolute atomic E-state index is 0.210. The van der Waals surface area contributed by atoms with E-state index in [1.54, 1.807) is 12.1 Å². The number of phenols is 1. The van der Waals surface area contributed by atoms with Crippen molar-refractivity contribution < 1.29 is 9.90 Å². The van der Waals surface area contributed by atoms with Gasteiger partial charge in [0.25, 0.3) is 0 Å². The fourth-order valence-electron chi connectivity index (χ4n) is 4.67. The molecule has 106 valence electrons. The number of aromatic hydroxyl groups is 1. The summed E-state index contributed by atoms with van der Waals surface area (Å²) in [6.45, 7) is 7.62. The van der Waals surface area contributed by atoms with Crippen LogP contribution in [0.5, 0.6) is 5.75 Å². The van der Waals surface area contributed by atoms with E-state index in [0.29, 0.717) is 11.5 Å². The van der Waals surface area contributed by atoms with Gasteiger partial charge in [0, 0.05) is 26.2 Å². The van der Waals surface area contributed by atoms with Crippen LogP contribution >= 0.6 is 0 Å². The second-order valence-electron chi connectivity index (χ2n) is 7.23. The number of carbonyl (C=O) groups excluding carboxylic acids is 1. The van der Waals surface area contributed by atoms with Crippen molar-refractivity contribution in [1.29, 1.82) is 0 Å². The van der Waals surface area contributed by atoms with Gasteiger partial charge in [0.05, 0.1) is 17.0 Å². The van der Waals surface area contributed by atoms with Crippen LogP contribution in [0, 0.1) is 10.8 Å². The lowest BCUT2D eigenvalue weighted by Gasteiger charge is -2.64. The van der Waals surface area contributed by atoms with Gasteiger partial charge in [-0.05, 0) is 17.7 Å². The van der Waals surface area contributed by atoms with Crippen LogP contribution in [0.15, 0.2) is 24.3 Å². The van der Waals surface area contributed by atoms with Crippen LogP contribution in [0.25, 0.3) is 0 Å². The first kappa shape index (κ1) is 12.4. The number of hydrogen-bond acceptors (Lipinski definition) is 4. The Hall–Kier alpha value is -1.39. The van der Waals surface area contributed by atoms with E-state index in [1.807, 2.05) is 12.1 Å². The Bertz CT molecular complexity index is 541. The highest BCUT2D eigenvalue weighted by atomic mass is 16.3. The molecule has 0 atom stereocenters. The smallest absolute Gasteiger partial charge is 0.149 e. The van der Waals surface area contributed by atoms with Gasteiger partial charge >= 0.3 is 0 Å². The van der Waals surface area contributed by atoms with Gasteiger partial charge in [-0.2, -0.15) is 0 Å². The summed E-state index contributed by atoms with van der Waals surface area (Å²) in [5, 5.41) is 9.45. The molecule has 4 aliphatic rings. The van der Waals surface area contributed by atoms with E-state index >= 15 is 0 Å². The van der Waals surface area contributed by atoms with E-state index in [4.69, 9.17) is 0 Å². The maximum atomic E-state index is 12.6. The molecule has 1 N–H and O–H groups in total. The van der Waals surface area contributed by atoms with Crippen molar-refractivity contribution in [3.63, 3.8) is 0 Å². The molecule has 4 heteroatoms. The van der Waals surface area contributed by atoms with Crippen LogP contribution < -0.4 is 0 Å². The van der Waals surface area contributed by atoms with Gasteiger partial charge in [0.2, 0.25) is 0 Å². The van der Waals surface area contributed by atoms with Crippen LogP contribution in [0.1, 0.15) is 25.6 Å². The normalized spacial score (nSPS) is 45.9. The molecule has 0 unspecified atom stereocenters. The minimum atomic E-state index is -0.210. The number of Topliss-reactive ketones (excluding diaryl/α,β-unsaturated/α-hetero) is 1. The average Bonchev–Trinajstić information content (AvgIpc) is 2.36. The molecule has 0 amide bonds. The molecule has 1 aromatic carbocycles. The zero-order chi connectivity index (χ0) is 14.1. The van der Waals surface area contributed by atoms with Gasteiger partial charge in [-0.25, -0.2) is 0 Å². The Morgan fingerprint density at radius 1 is 1.00 bits per heavy atom. The SMILES string of the molecule is CC12CN3CC(C)(CN(C1)C3c1ccc(O)cc1)C2=O. The predicted molar refractivity (Wildman–Crippen MR) is 75.2 cm³/mol. The van der Waals surface area contributed by atoms with E-state index in [2.05, 4.69) is 23.6 Å². The highest BCUT2D eigenvalue weighted by Crippen LogP contribution is 2.51. The van der Waals surface area contributed by atoms with Crippen molar-refractivity contribution in [2.24, 2.45) is 10.8 Å². The number of nitrogens with zero attached hydrogens (tertiary/aromatic N) is 2. The summed E-state index contributed by atoms with van der Waals surface area (Å²) in [6.07, 6.45) is 0.254. The molecule has 1 aromatic rings. The molecule has 4 fully saturated rings. The second-order valence-corrected chi connectivity index (χ2v) is 7.23. The van der Waals surface area contributed by atoms with E-state index in [1.165, 1.54) is 5.56 Å². The molecule has 4 heterocycles. The van der Waals surface area contributed by atoms with Crippen molar-refractivity contribution in [3.8, 4) is 5.75 Å². The zero-order valence-corrected chi connectivity index (χ0v) is 12.0. The number of ketones is 1. The van der Waals surface area contributed by atoms with Crippen LogP contribution in [0.2, 0.25) is 0 Å². The lowest BCUT2D eigenvalue weighted by Crippen LogP contribution is -2.75. The largest absolute Gasteiger partial charge is 0.508 e. The summed E-state index contributed by atoms with van der Waals surface area (Å²) in [5.74, 6) is 0.748. The number of benzene rings is 1. The Morgan fingerprint density at radius 2 is 1.45 bits per heavy atom. The van der Waals surface area contributed by atoms with E-state index < -0.39 is 0 Å². The van der Waals surface area contributed by atoms with E-state index in [9.17, 15) is 9.90 Å². The third-order valence-electron chi connectivity index (χ3n) is 5.19. The molecule has 0 radical (unpaired) electrons. The second kappa shape index (κ2) is 3.62. The fourth-order valence-corrected chi connectivity index (χ4v) is 4.67. The van der Waals surface area contributed by atoms with Gasteiger partial charge in [0.15, 0.2) is 0 Å². The first-order valence-corrected chi connectivity index (χ1v) is 7.23. The van der Waals surface area contributed by atoms with Crippen LogP contribution in [0.4, 0.5) is 0 Å². The van der Waals surface area contributed by atoms with Gasteiger partial charge in [-0.1, -0.05) is 26.0 Å². The maximum Gasteiger partial charge on any atom is 0.149 e. The zero-order valence-electron chi connectivity index (χ0n) is 12.0. The summed E-state index contributed by atoms with van der Waals surface area (Å²) in [5.41, 5.74) is 0.790.